The lowest BCUT2D eigenvalue weighted by Gasteiger charge is -2.26. The summed E-state index contributed by atoms with van der Waals surface area (Å²) in [6.07, 6.45) is 0. The van der Waals surface area contributed by atoms with E-state index < -0.39 is 0 Å². The molecule has 3 aromatic rings. The summed E-state index contributed by atoms with van der Waals surface area (Å²) in [5.41, 5.74) is 8.87. The monoisotopic (exact) mass is 444 g/mol. The molecule has 1 aromatic heterocycles. The van der Waals surface area contributed by atoms with E-state index >= 15 is 0 Å². The summed E-state index contributed by atoms with van der Waals surface area (Å²) in [7, 11) is 3.31. The van der Waals surface area contributed by atoms with Crippen LogP contribution in [-0.4, -0.2) is 29.9 Å². The first-order valence-electron chi connectivity index (χ1n) is 9.50. The number of ether oxygens (including phenoxy) is 2. The molecule has 0 fully saturated rings. The normalized spacial score (nSPS) is 10.7. The third-order valence-corrected chi connectivity index (χ3v) is 5.51. The lowest BCUT2D eigenvalue weighted by molar-refractivity contribution is 0.414. The molecule has 2 N–H and O–H groups in total. The van der Waals surface area contributed by atoms with Crippen molar-refractivity contribution >= 4 is 34.9 Å². The van der Waals surface area contributed by atoms with Crippen LogP contribution >= 0.6 is 23.4 Å². The Morgan fingerprint density at radius 2 is 1.40 bits per heavy atom. The van der Waals surface area contributed by atoms with Crippen molar-refractivity contribution < 1.29 is 9.47 Å². The fourth-order valence-electron chi connectivity index (χ4n) is 2.96. The minimum Gasteiger partial charge on any atom is -0.497 e. The summed E-state index contributed by atoms with van der Waals surface area (Å²) in [6, 6.07) is 15.9. The molecule has 0 aliphatic rings. The smallest absolute Gasteiger partial charge is 0.191 e. The van der Waals surface area contributed by atoms with Gasteiger partial charge in [0, 0.05) is 13.1 Å². The van der Waals surface area contributed by atoms with Gasteiger partial charge < -0.3 is 20.1 Å². The predicted molar refractivity (Wildman–Crippen MR) is 124 cm³/mol. The second kappa shape index (κ2) is 10.4. The van der Waals surface area contributed by atoms with Crippen molar-refractivity contribution in [2.75, 3.05) is 30.6 Å². The summed E-state index contributed by atoms with van der Waals surface area (Å²) in [6.45, 7) is 3.25. The van der Waals surface area contributed by atoms with E-state index in [4.69, 9.17) is 31.8 Å². The van der Waals surface area contributed by atoms with Gasteiger partial charge in [-0.1, -0.05) is 54.6 Å². The highest BCUT2D eigenvalue weighted by Gasteiger charge is 2.18. The van der Waals surface area contributed by atoms with Crippen LogP contribution in [0.3, 0.4) is 0 Å². The van der Waals surface area contributed by atoms with Crippen LogP contribution in [0.15, 0.2) is 53.7 Å². The van der Waals surface area contributed by atoms with Crippen molar-refractivity contribution in [3.8, 4) is 11.5 Å². The molecule has 0 saturated carbocycles. The zero-order valence-electron chi connectivity index (χ0n) is 17.3. The molecule has 30 heavy (non-hydrogen) atoms. The number of nitrogens with zero attached hydrogens (tertiary/aromatic N) is 3. The van der Waals surface area contributed by atoms with Gasteiger partial charge in [-0.15, -0.1) is 0 Å². The van der Waals surface area contributed by atoms with Crippen LogP contribution in [0.25, 0.3) is 0 Å². The van der Waals surface area contributed by atoms with Crippen molar-refractivity contribution in [1.82, 2.24) is 9.97 Å². The molecule has 0 bridgehead atoms. The van der Waals surface area contributed by atoms with E-state index in [2.05, 4.69) is 9.88 Å². The third kappa shape index (κ3) is 5.49. The molecule has 0 spiro atoms. The van der Waals surface area contributed by atoms with Gasteiger partial charge in [-0.3, -0.25) is 0 Å². The maximum atomic E-state index is 6.33. The summed E-state index contributed by atoms with van der Waals surface area (Å²) in [4.78, 5) is 11.1. The largest absolute Gasteiger partial charge is 0.497 e. The maximum Gasteiger partial charge on any atom is 0.191 e. The summed E-state index contributed by atoms with van der Waals surface area (Å²) in [5, 5.41) is 0.881. The number of methoxy groups -OCH3 is 2. The average molecular weight is 445 g/mol. The molecule has 158 valence electrons. The Bertz CT molecular complexity index is 919. The molecule has 0 aliphatic carbocycles. The highest BCUT2D eigenvalue weighted by atomic mass is 35.5. The van der Waals surface area contributed by atoms with Crippen molar-refractivity contribution in [2.24, 2.45) is 0 Å². The molecule has 0 unspecified atom stereocenters. The quantitative estimate of drug-likeness (QED) is 0.281. The van der Waals surface area contributed by atoms with E-state index in [0.717, 1.165) is 28.4 Å². The summed E-state index contributed by atoms with van der Waals surface area (Å²) in [5.74, 6) is 3.09. The van der Waals surface area contributed by atoms with Crippen molar-refractivity contribution in [3.05, 3.63) is 64.8 Å². The number of hydrogen-bond acceptors (Lipinski definition) is 7. The van der Waals surface area contributed by atoms with Gasteiger partial charge in [0.05, 0.1) is 14.2 Å². The van der Waals surface area contributed by atoms with Crippen LogP contribution in [0.2, 0.25) is 5.15 Å². The number of hydrogen-bond donors (Lipinski definition) is 1. The molecule has 8 heteroatoms. The van der Waals surface area contributed by atoms with Crippen LogP contribution in [-0.2, 0) is 13.1 Å². The van der Waals surface area contributed by atoms with Gasteiger partial charge in [0.2, 0.25) is 0 Å². The van der Waals surface area contributed by atoms with Crippen molar-refractivity contribution in [1.29, 1.82) is 0 Å². The first-order chi connectivity index (χ1) is 14.5. The van der Waals surface area contributed by atoms with Gasteiger partial charge in [-0.25, -0.2) is 9.97 Å². The van der Waals surface area contributed by atoms with E-state index in [1.807, 2.05) is 55.5 Å². The number of anilines is 2. The number of benzene rings is 2. The number of halogens is 1. The zero-order chi connectivity index (χ0) is 21.5. The lowest BCUT2D eigenvalue weighted by atomic mass is 10.1. The van der Waals surface area contributed by atoms with Crippen LogP contribution in [0.1, 0.15) is 18.1 Å². The third-order valence-electron chi connectivity index (χ3n) is 4.50. The Morgan fingerprint density at radius 1 is 0.900 bits per heavy atom. The second-order valence-electron chi connectivity index (χ2n) is 6.52. The zero-order valence-corrected chi connectivity index (χ0v) is 18.8. The molecular formula is C22H25ClN4O2S. The topological polar surface area (TPSA) is 73.5 Å². The average Bonchev–Trinajstić information content (AvgIpc) is 2.77. The van der Waals surface area contributed by atoms with E-state index in [1.54, 1.807) is 14.2 Å². The number of thioether (sulfide) groups is 1. The van der Waals surface area contributed by atoms with E-state index in [9.17, 15) is 0 Å². The van der Waals surface area contributed by atoms with E-state index in [0.29, 0.717) is 29.8 Å². The number of aromatic nitrogens is 2. The Morgan fingerprint density at radius 3 is 1.83 bits per heavy atom. The van der Waals surface area contributed by atoms with Gasteiger partial charge >= 0.3 is 0 Å². The Kier molecular flexibility index (Phi) is 7.65. The van der Waals surface area contributed by atoms with Gasteiger partial charge in [0.25, 0.3) is 0 Å². The molecule has 3 rings (SSSR count). The number of nitrogens with two attached hydrogens (primary N) is 1. The molecular weight excluding hydrogens is 420 g/mol. The van der Waals surface area contributed by atoms with Crippen molar-refractivity contribution in [2.45, 2.75) is 25.2 Å². The molecule has 0 saturated heterocycles. The Hall–Kier alpha value is -2.64. The predicted octanol–water partition coefficient (Wildman–Crippen LogP) is 5.05. The van der Waals surface area contributed by atoms with Crippen molar-refractivity contribution in [3.63, 3.8) is 0 Å². The summed E-state index contributed by atoms with van der Waals surface area (Å²) < 4.78 is 10.5. The Labute approximate surface area is 186 Å². The van der Waals surface area contributed by atoms with Gasteiger partial charge in [-0.05, 0) is 41.1 Å². The standard InChI is InChI=1S/C22H25ClN4O2S/c1-4-30-22-25-20(23)19(24)21(26-22)27(13-15-5-9-17(28-2)10-6-15)14-16-7-11-18(29-3)12-8-16/h5-12H,4,13-14,24H2,1-3H3. The number of rotatable bonds is 9. The molecule has 0 aliphatic heterocycles. The molecule has 0 atom stereocenters. The number of nitrogen functional groups attached to an aromatic ring is 1. The molecule has 1 heterocycles. The van der Waals surface area contributed by atoms with Gasteiger partial charge in [0.1, 0.15) is 17.2 Å². The van der Waals surface area contributed by atoms with Crippen LogP contribution < -0.4 is 20.1 Å². The van der Waals surface area contributed by atoms with Crippen LogP contribution in [0.5, 0.6) is 11.5 Å². The van der Waals surface area contributed by atoms with Gasteiger partial charge in [0.15, 0.2) is 16.1 Å². The maximum absolute atomic E-state index is 6.33. The Balaban J connectivity index is 1.97. The van der Waals surface area contributed by atoms with Crippen LogP contribution in [0.4, 0.5) is 11.5 Å². The second-order valence-corrected chi connectivity index (χ2v) is 8.11. The highest BCUT2D eigenvalue weighted by molar-refractivity contribution is 7.99. The molecule has 2 aromatic carbocycles. The van der Waals surface area contributed by atoms with Crippen LogP contribution in [0, 0.1) is 0 Å². The SMILES string of the molecule is CCSc1nc(Cl)c(N)c(N(Cc2ccc(OC)cc2)Cc2ccc(OC)cc2)n1. The first kappa shape index (κ1) is 22.1. The fourth-order valence-corrected chi connectivity index (χ4v) is 3.74. The molecule has 0 amide bonds. The first-order valence-corrected chi connectivity index (χ1v) is 10.9. The van der Waals surface area contributed by atoms with E-state index in [-0.39, 0.29) is 5.15 Å². The van der Waals surface area contributed by atoms with Gasteiger partial charge in [-0.2, -0.15) is 0 Å². The van der Waals surface area contributed by atoms with E-state index in [1.165, 1.54) is 11.8 Å². The minimum absolute atomic E-state index is 0.269. The highest BCUT2D eigenvalue weighted by Crippen LogP contribution is 2.32. The minimum atomic E-state index is 0.269. The molecule has 0 radical (unpaired) electrons. The summed E-state index contributed by atoms with van der Waals surface area (Å²) >= 11 is 7.86. The fraction of sp³-hybridized carbons (Fsp3) is 0.273. The molecule has 6 nitrogen and oxygen atoms in total. The lowest BCUT2D eigenvalue weighted by Crippen LogP contribution is -2.25.